The van der Waals surface area contributed by atoms with Crippen LogP contribution >= 0.6 is 11.8 Å². The van der Waals surface area contributed by atoms with Crippen LogP contribution in [-0.4, -0.2) is 20.8 Å². The molecule has 0 aromatic carbocycles. The molecule has 0 spiro atoms. The highest BCUT2D eigenvalue weighted by atomic mass is 32.2. The minimum Gasteiger partial charge on any atom is -0.382 e. The van der Waals surface area contributed by atoms with Crippen LogP contribution in [0.15, 0.2) is 46.8 Å². The first-order valence-corrected chi connectivity index (χ1v) is 5.33. The van der Waals surface area contributed by atoms with Gasteiger partial charge in [-0.15, -0.1) is 0 Å². The van der Waals surface area contributed by atoms with Crippen LogP contribution in [0.3, 0.4) is 0 Å². The van der Waals surface area contributed by atoms with E-state index in [0.717, 1.165) is 5.03 Å². The van der Waals surface area contributed by atoms with Gasteiger partial charge < -0.3 is 5.73 Å². The first-order chi connectivity index (χ1) is 7.77. The van der Waals surface area contributed by atoms with Crippen molar-refractivity contribution in [3.05, 3.63) is 42.5 Å². The molecule has 0 saturated carbocycles. The normalized spacial score (nSPS) is 10.0. The summed E-state index contributed by atoms with van der Waals surface area (Å²) in [4.78, 5) is 12.3. The summed E-state index contributed by atoms with van der Waals surface area (Å²) in [5, 5.41) is 8.77. The highest BCUT2D eigenvalue weighted by Gasteiger charge is 2.09. The number of hydrogen-bond donors (Lipinski definition) is 2. The number of nitrogens with two attached hydrogens (primary N) is 1. The van der Waals surface area contributed by atoms with Crippen LogP contribution in [-0.2, 0) is 0 Å². The van der Waals surface area contributed by atoms with Gasteiger partial charge >= 0.3 is 0 Å². The molecule has 2 aromatic rings. The summed E-state index contributed by atoms with van der Waals surface area (Å²) in [5.74, 6) is -0.0912. The van der Waals surface area contributed by atoms with E-state index in [0.29, 0.717) is 10.7 Å². The van der Waals surface area contributed by atoms with Crippen molar-refractivity contribution in [1.29, 1.82) is 5.41 Å². The van der Waals surface area contributed by atoms with Gasteiger partial charge in [0.2, 0.25) is 0 Å². The molecule has 80 valence electrons. The summed E-state index contributed by atoms with van der Waals surface area (Å²) < 4.78 is 0. The third kappa shape index (κ3) is 2.34. The molecule has 0 atom stereocenters. The van der Waals surface area contributed by atoms with Crippen LogP contribution < -0.4 is 5.73 Å². The summed E-state index contributed by atoms with van der Waals surface area (Å²) in [6.45, 7) is 0. The summed E-state index contributed by atoms with van der Waals surface area (Å²) in [5.41, 5.74) is 5.80. The predicted molar refractivity (Wildman–Crippen MR) is 61.4 cm³/mol. The zero-order valence-corrected chi connectivity index (χ0v) is 9.11. The molecule has 0 unspecified atom stereocenters. The van der Waals surface area contributed by atoms with Gasteiger partial charge in [-0.25, -0.2) is 15.0 Å². The van der Waals surface area contributed by atoms with E-state index in [1.165, 1.54) is 18.0 Å². The molecule has 0 amide bonds. The Labute approximate surface area is 96.7 Å². The first kappa shape index (κ1) is 10.6. The zero-order valence-electron chi connectivity index (χ0n) is 8.29. The van der Waals surface area contributed by atoms with Crippen molar-refractivity contribution in [1.82, 2.24) is 15.0 Å². The number of nitrogen functional groups attached to an aromatic ring is 1. The van der Waals surface area contributed by atoms with E-state index < -0.39 is 0 Å². The van der Waals surface area contributed by atoms with E-state index in [1.807, 2.05) is 18.2 Å². The van der Waals surface area contributed by atoms with Crippen molar-refractivity contribution in [2.75, 3.05) is 0 Å². The van der Waals surface area contributed by atoms with Gasteiger partial charge in [0.1, 0.15) is 21.6 Å². The van der Waals surface area contributed by atoms with Crippen LogP contribution in [0.5, 0.6) is 0 Å². The van der Waals surface area contributed by atoms with Crippen molar-refractivity contribution in [3.8, 4) is 0 Å². The Balaban J connectivity index is 2.31. The fourth-order valence-corrected chi connectivity index (χ4v) is 1.92. The molecule has 3 N–H and O–H groups in total. The van der Waals surface area contributed by atoms with Crippen LogP contribution in [0.25, 0.3) is 0 Å². The van der Waals surface area contributed by atoms with Crippen molar-refractivity contribution >= 4 is 17.6 Å². The molecule has 2 rings (SSSR count). The molecule has 0 aliphatic heterocycles. The lowest BCUT2D eigenvalue weighted by atomic mass is 10.4. The molecule has 6 heteroatoms. The minimum absolute atomic E-state index is 0.0912. The number of hydrogen-bond acceptors (Lipinski definition) is 5. The number of amidine groups is 1. The van der Waals surface area contributed by atoms with Crippen LogP contribution in [0.2, 0.25) is 0 Å². The average molecular weight is 231 g/mol. The second kappa shape index (κ2) is 4.71. The molecule has 0 bridgehead atoms. The maximum atomic E-state index is 7.38. The third-order valence-electron chi connectivity index (χ3n) is 1.76. The smallest absolute Gasteiger partial charge is 0.144 e. The molecule has 2 aromatic heterocycles. The summed E-state index contributed by atoms with van der Waals surface area (Å²) in [6.07, 6.45) is 4.78. The number of nitrogens with zero attached hydrogens (tertiary/aromatic N) is 3. The van der Waals surface area contributed by atoms with Gasteiger partial charge in [0.25, 0.3) is 0 Å². The lowest BCUT2D eigenvalue weighted by Crippen LogP contribution is -2.15. The van der Waals surface area contributed by atoms with E-state index in [2.05, 4.69) is 15.0 Å². The SMILES string of the molecule is N=C(N)c1nccnc1Sc1ccccn1. The fourth-order valence-electron chi connectivity index (χ4n) is 1.09. The van der Waals surface area contributed by atoms with Crippen LogP contribution in [0.4, 0.5) is 0 Å². The minimum atomic E-state index is -0.0912. The van der Waals surface area contributed by atoms with Crippen LogP contribution in [0.1, 0.15) is 5.69 Å². The Hall–Kier alpha value is -1.95. The molecule has 16 heavy (non-hydrogen) atoms. The molecular formula is C10H9N5S. The lowest BCUT2D eigenvalue weighted by molar-refractivity contribution is 1.02. The topological polar surface area (TPSA) is 88.5 Å². The average Bonchev–Trinajstić information content (AvgIpc) is 2.31. The summed E-state index contributed by atoms with van der Waals surface area (Å²) in [6, 6.07) is 5.59. The Morgan fingerprint density at radius 3 is 2.62 bits per heavy atom. The molecule has 0 saturated heterocycles. The maximum Gasteiger partial charge on any atom is 0.144 e. The van der Waals surface area contributed by atoms with E-state index in [-0.39, 0.29) is 5.84 Å². The van der Waals surface area contributed by atoms with Crippen molar-refractivity contribution < 1.29 is 0 Å². The predicted octanol–water partition coefficient (Wildman–Crippen LogP) is 1.31. The third-order valence-corrected chi connectivity index (χ3v) is 2.70. The zero-order chi connectivity index (χ0) is 11.4. The molecule has 0 fully saturated rings. The molecule has 0 radical (unpaired) electrons. The second-order valence-corrected chi connectivity index (χ2v) is 3.90. The van der Waals surface area contributed by atoms with Crippen molar-refractivity contribution in [2.45, 2.75) is 10.1 Å². The Bertz CT molecular complexity index is 500. The van der Waals surface area contributed by atoms with Gasteiger partial charge in [0.05, 0.1) is 0 Å². The first-order valence-electron chi connectivity index (χ1n) is 4.51. The Morgan fingerprint density at radius 2 is 1.94 bits per heavy atom. The van der Waals surface area contributed by atoms with E-state index in [4.69, 9.17) is 11.1 Å². The molecule has 2 heterocycles. The molecule has 0 aliphatic carbocycles. The highest BCUT2D eigenvalue weighted by Crippen LogP contribution is 2.25. The van der Waals surface area contributed by atoms with Gasteiger partial charge in [-0.2, -0.15) is 0 Å². The van der Waals surface area contributed by atoms with Crippen molar-refractivity contribution in [3.63, 3.8) is 0 Å². The largest absolute Gasteiger partial charge is 0.382 e. The Morgan fingerprint density at radius 1 is 1.12 bits per heavy atom. The van der Waals surface area contributed by atoms with Gasteiger partial charge in [-0.1, -0.05) is 6.07 Å². The van der Waals surface area contributed by atoms with Gasteiger partial charge in [-0.05, 0) is 23.9 Å². The van der Waals surface area contributed by atoms with Gasteiger partial charge in [-0.3, -0.25) is 5.41 Å². The van der Waals surface area contributed by atoms with Crippen molar-refractivity contribution in [2.24, 2.45) is 5.73 Å². The highest BCUT2D eigenvalue weighted by molar-refractivity contribution is 7.99. The van der Waals surface area contributed by atoms with Gasteiger partial charge in [0, 0.05) is 18.6 Å². The standard InChI is InChI=1S/C10H9N5S/c11-9(12)8-10(15-6-5-14-8)16-7-3-1-2-4-13-7/h1-6H,(H3,11,12). The quantitative estimate of drug-likeness (QED) is 0.614. The van der Waals surface area contributed by atoms with E-state index >= 15 is 0 Å². The monoisotopic (exact) mass is 231 g/mol. The second-order valence-electron chi connectivity index (χ2n) is 2.89. The number of pyridine rings is 1. The maximum absolute atomic E-state index is 7.38. The molecule has 0 aliphatic rings. The fraction of sp³-hybridized carbons (Fsp3) is 0. The summed E-state index contributed by atoms with van der Waals surface area (Å²) >= 11 is 1.34. The Kier molecular flexibility index (Phi) is 3.11. The lowest BCUT2D eigenvalue weighted by Gasteiger charge is -2.03. The summed E-state index contributed by atoms with van der Waals surface area (Å²) in [7, 11) is 0. The number of rotatable bonds is 3. The van der Waals surface area contributed by atoms with E-state index in [1.54, 1.807) is 12.4 Å². The molecule has 5 nitrogen and oxygen atoms in total. The molecular weight excluding hydrogens is 222 g/mol. The number of nitrogens with one attached hydrogen (secondary N) is 1. The van der Waals surface area contributed by atoms with E-state index in [9.17, 15) is 0 Å². The van der Waals surface area contributed by atoms with Crippen LogP contribution in [0, 0.1) is 5.41 Å². The number of aromatic nitrogens is 3. The van der Waals surface area contributed by atoms with Gasteiger partial charge in [0.15, 0.2) is 0 Å².